The van der Waals surface area contributed by atoms with Gasteiger partial charge in [-0.05, 0) is 79.0 Å². The zero-order chi connectivity index (χ0) is 17.7. The molecule has 0 saturated heterocycles. The molecule has 2 aliphatic rings. The van der Waals surface area contributed by atoms with Crippen LogP contribution in [0.25, 0.3) is 0 Å². The van der Waals surface area contributed by atoms with Gasteiger partial charge in [-0.3, -0.25) is 4.79 Å². The largest absolute Gasteiger partial charge is 0.508 e. The van der Waals surface area contributed by atoms with Crippen LogP contribution in [0.3, 0.4) is 0 Å². The first kappa shape index (κ1) is 17.5. The van der Waals surface area contributed by atoms with Crippen LogP contribution in [-0.4, -0.2) is 10.9 Å². The maximum Gasteiger partial charge on any atom is 0.166 e. The van der Waals surface area contributed by atoms with E-state index < -0.39 is 0 Å². The zero-order valence-corrected chi connectivity index (χ0v) is 15.9. The van der Waals surface area contributed by atoms with Crippen LogP contribution >= 0.6 is 0 Å². The minimum Gasteiger partial charge on any atom is -0.508 e. The van der Waals surface area contributed by atoms with E-state index in [9.17, 15) is 9.90 Å². The smallest absolute Gasteiger partial charge is 0.166 e. The first-order valence-electron chi connectivity index (χ1n) is 9.50. The van der Waals surface area contributed by atoms with Crippen LogP contribution in [0.5, 0.6) is 5.75 Å². The molecule has 2 fully saturated rings. The Morgan fingerprint density at radius 2 is 1.83 bits per heavy atom. The fourth-order valence-corrected chi connectivity index (χ4v) is 6.15. The molecular weight excluding hydrogens is 296 g/mol. The number of hydrogen-bond acceptors (Lipinski definition) is 2. The molecule has 1 N–H and O–H groups in total. The molecule has 2 heteroatoms. The molecule has 0 heterocycles. The van der Waals surface area contributed by atoms with Gasteiger partial charge in [0.15, 0.2) is 5.78 Å². The van der Waals surface area contributed by atoms with Gasteiger partial charge in [0.25, 0.3) is 0 Å². The van der Waals surface area contributed by atoms with Crippen LogP contribution in [0.1, 0.15) is 75.7 Å². The monoisotopic (exact) mass is 328 g/mol. The van der Waals surface area contributed by atoms with Gasteiger partial charge in [-0.1, -0.05) is 34.1 Å². The lowest BCUT2D eigenvalue weighted by molar-refractivity contribution is -0.0796. The summed E-state index contributed by atoms with van der Waals surface area (Å²) in [5.74, 6) is 1.54. The summed E-state index contributed by atoms with van der Waals surface area (Å²) >= 11 is 0. The predicted molar refractivity (Wildman–Crippen MR) is 98.3 cm³/mol. The number of carbonyl (C=O) groups is 1. The highest BCUT2D eigenvalue weighted by Gasteiger charge is 2.55. The van der Waals surface area contributed by atoms with E-state index in [-0.39, 0.29) is 22.9 Å². The van der Waals surface area contributed by atoms with Gasteiger partial charge in [-0.25, -0.2) is 0 Å². The number of benzene rings is 1. The molecule has 4 atom stereocenters. The predicted octanol–water partition coefficient (Wildman–Crippen LogP) is 5.76. The Hall–Kier alpha value is -1.31. The van der Waals surface area contributed by atoms with Crippen molar-refractivity contribution < 1.29 is 9.90 Å². The number of fused-ring (bicyclic) bond motifs is 1. The number of Topliss-reactive ketones (excluding diaryl/α,β-unsaturated/α-hetero) is 1. The van der Waals surface area contributed by atoms with E-state index in [1.54, 1.807) is 12.1 Å². The molecule has 0 aliphatic heterocycles. The summed E-state index contributed by atoms with van der Waals surface area (Å²) < 4.78 is 0. The lowest BCUT2D eigenvalue weighted by Crippen LogP contribution is -2.53. The Labute approximate surface area is 146 Å². The number of aryl methyl sites for hydroxylation is 1. The van der Waals surface area contributed by atoms with E-state index in [1.807, 2.05) is 13.0 Å². The van der Waals surface area contributed by atoms with Gasteiger partial charge in [-0.15, -0.1) is 0 Å². The Bertz CT molecular complexity index is 625. The van der Waals surface area contributed by atoms with Crippen LogP contribution in [0.4, 0.5) is 0 Å². The van der Waals surface area contributed by atoms with Gasteiger partial charge in [0.1, 0.15) is 5.75 Å². The summed E-state index contributed by atoms with van der Waals surface area (Å²) in [6.45, 7) is 11.3. The van der Waals surface area contributed by atoms with Crippen molar-refractivity contribution in [2.75, 3.05) is 0 Å². The quantitative estimate of drug-likeness (QED) is 0.701. The third-order valence-corrected chi connectivity index (χ3v) is 7.10. The normalized spacial score (nSPS) is 35.3. The van der Waals surface area contributed by atoms with Crippen molar-refractivity contribution in [2.24, 2.45) is 28.6 Å². The summed E-state index contributed by atoms with van der Waals surface area (Å²) in [4.78, 5) is 13.5. The van der Waals surface area contributed by atoms with Gasteiger partial charge in [-0.2, -0.15) is 0 Å². The van der Waals surface area contributed by atoms with Crippen LogP contribution in [0.2, 0.25) is 0 Å². The van der Waals surface area contributed by atoms with E-state index in [0.29, 0.717) is 22.8 Å². The van der Waals surface area contributed by atoms with Crippen molar-refractivity contribution in [3.05, 3.63) is 29.3 Å². The van der Waals surface area contributed by atoms with Crippen LogP contribution in [0.15, 0.2) is 18.2 Å². The SMILES string of the molecule is Cc1cc(O)cc(C(=O)C2[C@H](C)CCC3C(C)(C)CCCC23C)c1. The van der Waals surface area contributed by atoms with Gasteiger partial charge < -0.3 is 5.11 Å². The van der Waals surface area contributed by atoms with E-state index in [0.717, 1.165) is 18.4 Å². The standard InChI is InChI=1S/C22H32O2/c1-14-11-16(13-17(23)12-14)20(24)19-15(2)7-8-18-21(3,4)9-6-10-22(18,19)5/h11-13,15,18-19,23H,6-10H2,1-5H3/t15-,18?,19?,22?/m1/s1. The summed E-state index contributed by atoms with van der Waals surface area (Å²) in [5, 5.41) is 9.93. The maximum atomic E-state index is 13.5. The Kier molecular flexibility index (Phi) is 4.30. The summed E-state index contributed by atoms with van der Waals surface area (Å²) in [6, 6.07) is 5.31. The van der Waals surface area contributed by atoms with Crippen LogP contribution in [0, 0.1) is 35.5 Å². The molecule has 2 saturated carbocycles. The van der Waals surface area contributed by atoms with E-state index in [2.05, 4.69) is 27.7 Å². The van der Waals surface area contributed by atoms with Gasteiger partial charge in [0, 0.05) is 11.5 Å². The molecule has 2 nitrogen and oxygen atoms in total. The Morgan fingerprint density at radius 1 is 1.12 bits per heavy atom. The third-order valence-electron chi connectivity index (χ3n) is 7.10. The fourth-order valence-electron chi connectivity index (χ4n) is 6.15. The molecule has 3 rings (SSSR count). The Morgan fingerprint density at radius 3 is 2.50 bits per heavy atom. The second-order valence-electron chi connectivity index (χ2n) is 9.35. The molecule has 132 valence electrons. The third kappa shape index (κ3) is 2.78. The second-order valence-corrected chi connectivity index (χ2v) is 9.35. The topological polar surface area (TPSA) is 37.3 Å². The number of hydrogen-bond donors (Lipinski definition) is 1. The van der Waals surface area contributed by atoms with Gasteiger partial charge in [0.2, 0.25) is 0 Å². The summed E-state index contributed by atoms with van der Waals surface area (Å²) in [5.41, 5.74) is 2.04. The van der Waals surface area contributed by atoms with Crippen LogP contribution < -0.4 is 0 Å². The average Bonchev–Trinajstić information content (AvgIpc) is 2.44. The second kappa shape index (κ2) is 5.89. The highest BCUT2D eigenvalue weighted by molar-refractivity contribution is 5.99. The number of phenolic OH excluding ortho intramolecular Hbond substituents is 1. The van der Waals surface area contributed by atoms with Crippen molar-refractivity contribution in [2.45, 2.75) is 66.7 Å². The molecule has 0 radical (unpaired) electrons. The fraction of sp³-hybridized carbons (Fsp3) is 0.682. The van der Waals surface area contributed by atoms with Crippen molar-refractivity contribution >= 4 is 5.78 Å². The van der Waals surface area contributed by atoms with E-state index >= 15 is 0 Å². The number of carbonyl (C=O) groups excluding carboxylic acids is 1. The number of rotatable bonds is 2. The number of phenols is 1. The molecule has 24 heavy (non-hydrogen) atoms. The molecule has 3 unspecified atom stereocenters. The highest BCUT2D eigenvalue weighted by atomic mass is 16.3. The molecule has 0 spiro atoms. The van der Waals surface area contributed by atoms with Crippen LogP contribution in [-0.2, 0) is 0 Å². The minimum atomic E-state index is 0.0667. The summed E-state index contributed by atoms with van der Waals surface area (Å²) in [7, 11) is 0. The van der Waals surface area contributed by atoms with Gasteiger partial charge >= 0.3 is 0 Å². The maximum absolute atomic E-state index is 13.5. The van der Waals surface area contributed by atoms with E-state index in [4.69, 9.17) is 0 Å². The number of ketones is 1. The lowest BCUT2D eigenvalue weighted by atomic mass is 9.46. The zero-order valence-electron chi connectivity index (χ0n) is 15.9. The minimum absolute atomic E-state index is 0.0667. The first-order valence-corrected chi connectivity index (χ1v) is 9.50. The number of aromatic hydroxyl groups is 1. The first-order chi connectivity index (χ1) is 11.1. The molecular formula is C22H32O2. The van der Waals surface area contributed by atoms with Crippen molar-refractivity contribution in [1.29, 1.82) is 0 Å². The molecule has 0 aromatic heterocycles. The van der Waals surface area contributed by atoms with Crippen molar-refractivity contribution in [1.82, 2.24) is 0 Å². The molecule has 1 aromatic rings. The highest BCUT2D eigenvalue weighted by Crippen LogP contribution is 2.61. The molecule has 0 amide bonds. The van der Waals surface area contributed by atoms with Crippen molar-refractivity contribution in [3.63, 3.8) is 0 Å². The molecule has 0 bridgehead atoms. The summed E-state index contributed by atoms with van der Waals surface area (Å²) in [6.07, 6.45) is 6.02. The van der Waals surface area contributed by atoms with Crippen molar-refractivity contribution in [3.8, 4) is 5.75 Å². The molecule has 1 aromatic carbocycles. The molecule has 2 aliphatic carbocycles. The average molecular weight is 328 g/mol. The lowest BCUT2D eigenvalue weighted by Gasteiger charge is -2.58. The van der Waals surface area contributed by atoms with Gasteiger partial charge in [0.05, 0.1) is 0 Å². The van der Waals surface area contributed by atoms with E-state index in [1.165, 1.54) is 19.3 Å². The Balaban J connectivity index is 2.02.